The highest BCUT2D eigenvalue weighted by Gasteiger charge is 2.42. The number of amides is 1. The van der Waals surface area contributed by atoms with E-state index < -0.39 is 5.60 Å². The van der Waals surface area contributed by atoms with Crippen molar-refractivity contribution >= 4 is 5.91 Å². The summed E-state index contributed by atoms with van der Waals surface area (Å²) in [4.78, 5) is 13.8. The third kappa shape index (κ3) is 2.97. The SMILES string of the molecule is CCCC1(O)CN(C(=O)CCc2ccc3c(c2)OCO3)C1. The van der Waals surface area contributed by atoms with Crippen LogP contribution in [0.3, 0.4) is 0 Å². The van der Waals surface area contributed by atoms with Crippen LogP contribution in [-0.2, 0) is 11.2 Å². The number of likely N-dealkylation sites (tertiary alicyclic amines) is 1. The number of carbonyl (C=O) groups excluding carboxylic acids is 1. The van der Waals surface area contributed by atoms with Gasteiger partial charge in [-0.25, -0.2) is 0 Å². The Morgan fingerprint density at radius 2 is 2.10 bits per heavy atom. The Labute approximate surface area is 124 Å². The van der Waals surface area contributed by atoms with Crippen molar-refractivity contribution in [2.75, 3.05) is 19.9 Å². The van der Waals surface area contributed by atoms with Gasteiger partial charge in [-0.2, -0.15) is 0 Å². The molecule has 1 saturated heterocycles. The zero-order chi connectivity index (χ0) is 14.9. The number of fused-ring (bicyclic) bond motifs is 1. The Morgan fingerprint density at radius 3 is 2.86 bits per heavy atom. The van der Waals surface area contributed by atoms with Crippen molar-refractivity contribution in [3.8, 4) is 11.5 Å². The second kappa shape index (κ2) is 5.56. The lowest BCUT2D eigenvalue weighted by Crippen LogP contribution is -2.63. The highest BCUT2D eigenvalue weighted by molar-refractivity contribution is 5.77. The molecule has 0 aliphatic carbocycles. The number of aryl methyl sites for hydroxylation is 1. The molecule has 1 aromatic carbocycles. The highest BCUT2D eigenvalue weighted by atomic mass is 16.7. The lowest BCUT2D eigenvalue weighted by atomic mass is 9.89. The molecule has 0 bridgehead atoms. The molecule has 2 aliphatic heterocycles. The minimum Gasteiger partial charge on any atom is -0.454 e. The van der Waals surface area contributed by atoms with Gasteiger partial charge in [0.1, 0.15) is 0 Å². The predicted molar refractivity (Wildman–Crippen MR) is 77.3 cm³/mol. The maximum atomic E-state index is 12.1. The minimum absolute atomic E-state index is 0.105. The van der Waals surface area contributed by atoms with E-state index in [1.165, 1.54) is 0 Å². The van der Waals surface area contributed by atoms with Crippen molar-refractivity contribution in [1.29, 1.82) is 0 Å². The van der Waals surface area contributed by atoms with E-state index in [1.807, 2.05) is 25.1 Å². The van der Waals surface area contributed by atoms with Crippen LogP contribution in [0.15, 0.2) is 18.2 Å². The van der Waals surface area contributed by atoms with Gasteiger partial charge >= 0.3 is 0 Å². The molecule has 21 heavy (non-hydrogen) atoms. The molecule has 2 heterocycles. The fraction of sp³-hybridized carbons (Fsp3) is 0.562. The first-order chi connectivity index (χ1) is 10.1. The smallest absolute Gasteiger partial charge is 0.231 e. The standard InChI is InChI=1S/C16H21NO4/c1-2-7-16(19)9-17(10-16)15(18)6-4-12-3-5-13-14(8-12)21-11-20-13/h3,5,8,19H,2,4,6-7,9-11H2,1H3. The lowest BCUT2D eigenvalue weighted by molar-refractivity contribution is -0.156. The molecule has 3 rings (SSSR count). The van der Waals surface area contributed by atoms with Gasteiger partial charge in [-0.15, -0.1) is 0 Å². The van der Waals surface area contributed by atoms with Gasteiger partial charge in [0.2, 0.25) is 12.7 Å². The van der Waals surface area contributed by atoms with E-state index in [9.17, 15) is 9.90 Å². The average Bonchev–Trinajstić information content (AvgIpc) is 2.89. The molecule has 0 atom stereocenters. The van der Waals surface area contributed by atoms with E-state index >= 15 is 0 Å². The second-order valence-electron chi connectivity index (χ2n) is 5.91. The molecular weight excluding hydrogens is 270 g/mol. The van der Waals surface area contributed by atoms with Gasteiger partial charge in [0.25, 0.3) is 0 Å². The van der Waals surface area contributed by atoms with E-state index in [1.54, 1.807) is 4.90 Å². The largest absolute Gasteiger partial charge is 0.454 e. The summed E-state index contributed by atoms with van der Waals surface area (Å²) < 4.78 is 10.6. The fourth-order valence-corrected chi connectivity index (χ4v) is 2.97. The van der Waals surface area contributed by atoms with Gasteiger partial charge in [0.05, 0.1) is 18.7 Å². The van der Waals surface area contributed by atoms with Crippen LogP contribution in [0.4, 0.5) is 0 Å². The zero-order valence-electron chi connectivity index (χ0n) is 12.3. The molecule has 5 heteroatoms. The van der Waals surface area contributed by atoms with Crippen LogP contribution in [0.2, 0.25) is 0 Å². The number of rotatable bonds is 5. The third-order valence-corrected chi connectivity index (χ3v) is 4.10. The third-order valence-electron chi connectivity index (χ3n) is 4.10. The van der Waals surface area contributed by atoms with Crippen molar-refractivity contribution in [2.45, 2.75) is 38.2 Å². The zero-order valence-corrected chi connectivity index (χ0v) is 12.3. The maximum absolute atomic E-state index is 12.1. The molecule has 5 nitrogen and oxygen atoms in total. The summed E-state index contributed by atoms with van der Waals surface area (Å²) in [7, 11) is 0. The molecule has 2 aliphatic rings. The first kappa shape index (κ1) is 14.2. The summed E-state index contributed by atoms with van der Waals surface area (Å²) in [6, 6.07) is 5.77. The molecule has 1 aromatic rings. The number of benzene rings is 1. The number of ether oxygens (including phenoxy) is 2. The number of nitrogens with zero attached hydrogens (tertiary/aromatic N) is 1. The predicted octanol–water partition coefficient (Wildman–Crippen LogP) is 1.72. The quantitative estimate of drug-likeness (QED) is 0.897. The summed E-state index contributed by atoms with van der Waals surface area (Å²) in [5.74, 6) is 1.62. The molecule has 1 amide bonds. The molecular formula is C16H21NO4. The van der Waals surface area contributed by atoms with Crippen LogP contribution < -0.4 is 9.47 Å². The summed E-state index contributed by atoms with van der Waals surface area (Å²) in [6.45, 7) is 3.26. The number of carbonyl (C=O) groups is 1. The lowest BCUT2D eigenvalue weighted by Gasteiger charge is -2.46. The van der Waals surface area contributed by atoms with E-state index in [2.05, 4.69) is 0 Å². The second-order valence-corrected chi connectivity index (χ2v) is 5.91. The van der Waals surface area contributed by atoms with Crippen molar-refractivity contribution in [2.24, 2.45) is 0 Å². The Kier molecular flexibility index (Phi) is 3.76. The maximum Gasteiger partial charge on any atom is 0.231 e. The molecule has 0 unspecified atom stereocenters. The molecule has 0 radical (unpaired) electrons. The van der Waals surface area contributed by atoms with Gasteiger partial charge in [0.15, 0.2) is 11.5 Å². The fourth-order valence-electron chi connectivity index (χ4n) is 2.97. The van der Waals surface area contributed by atoms with E-state index in [0.717, 1.165) is 29.9 Å². The molecule has 114 valence electrons. The van der Waals surface area contributed by atoms with Crippen LogP contribution in [-0.4, -0.2) is 41.4 Å². The Bertz CT molecular complexity index is 537. The van der Waals surface area contributed by atoms with Crippen LogP contribution in [0.5, 0.6) is 11.5 Å². The molecule has 0 aromatic heterocycles. The van der Waals surface area contributed by atoms with Gasteiger partial charge in [0, 0.05) is 6.42 Å². The minimum atomic E-state index is -0.650. The van der Waals surface area contributed by atoms with Crippen molar-refractivity contribution in [3.05, 3.63) is 23.8 Å². The van der Waals surface area contributed by atoms with E-state index in [0.29, 0.717) is 25.9 Å². The van der Waals surface area contributed by atoms with Crippen LogP contribution >= 0.6 is 0 Å². The summed E-state index contributed by atoms with van der Waals surface area (Å²) in [6.07, 6.45) is 2.84. The molecule has 0 saturated carbocycles. The Morgan fingerprint density at radius 1 is 1.33 bits per heavy atom. The monoisotopic (exact) mass is 291 g/mol. The summed E-state index contributed by atoms with van der Waals surface area (Å²) >= 11 is 0. The number of hydrogen-bond acceptors (Lipinski definition) is 4. The van der Waals surface area contributed by atoms with E-state index in [4.69, 9.17) is 9.47 Å². The molecule has 1 fully saturated rings. The van der Waals surface area contributed by atoms with Crippen LogP contribution in [0.25, 0.3) is 0 Å². The van der Waals surface area contributed by atoms with Gasteiger partial charge in [-0.1, -0.05) is 19.4 Å². The highest BCUT2D eigenvalue weighted by Crippen LogP contribution is 2.33. The van der Waals surface area contributed by atoms with Gasteiger partial charge in [-0.3, -0.25) is 4.79 Å². The van der Waals surface area contributed by atoms with Crippen LogP contribution in [0.1, 0.15) is 31.7 Å². The Balaban J connectivity index is 1.49. The van der Waals surface area contributed by atoms with Gasteiger partial charge in [-0.05, 0) is 30.5 Å². The van der Waals surface area contributed by atoms with Gasteiger partial charge < -0.3 is 19.5 Å². The van der Waals surface area contributed by atoms with Crippen LogP contribution in [0, 0.1) is 0 Å². The molecule has 0 spiro atoms. The number of aliphatic hydroxyl groups is 1. The average molecular weight is 291 g/mol. The number of β-amino-alcohol motifs (C(OH)–C–C–N with tert-alkyl or cyclic N) is 1. The van der Waals surface area contributed by atoms with Crippen molar-refractivity contribution in [3.63, 3.8) is 0 Å². The van der Waals surface area contributed by atoms with Crippen molar-refractivity contribution < 1.29 is 19.4 Å². The topological polar surface area (TPSA) is 59.0 Å². The first-order valence-electron chi connectivity index (χ1n) is 7.48. The normalized spacial score (nSPS) is 18.5. The number of hydrogen-bond donors (Lipinski definition) is 1. The van der Waals surface area contributed by atoms with E-state index in [-0.39, 0.29) is 12.7 Å². The van der Waals surface area contributed by atoms with Crippen molar-refractivity contribution in [1.82, 2.24) is 4.90 Å². The molecule has 1 N–H and O–H groups in total. The summed E-state index contributed by atoms with van der Waals surface area (Å²) in [5, 5.41) is 10.1. The Hall–Kier alpha value is -1.75. The first-order valence-corrected chi connectivity index (χ1v) is 7.48. The summed E-state index contributed by atoms with van der Waals surface area (Å²) in [5.41, 5.74) is 0.417.